The summed E-state index contributed by atoms with van der Waals surface area (Å²) in [5.41, 5.74) is 0.0257. The Labute approximate surface area is 536 Å². The molecule has 90 heavy (non-hydrogen) atoms. The van der Waals surface area contributed by atoms with Crippen molar-refractivity contribution in [3.8, 4) is 0 Å². The van der Waals surface area contributed by atoms with Crippen LogP contribution in [-0.4, -0.2) is 194 Å². The zero-order valence-electron chi connectivity index (χ0n) is 54.5. The van der Waals surface area contributed by atoms with Gasteiger partial charge in [-0.2, -0.15) is 11.8 Å². The van der Waals surface area contributed by atoms with Crippen molar-refractivity contribution in [3.05, 3.63) is 59.3 Å². The van der Waals surface area contributed by atoms with Crippen LogP contribution in [0.4, 0.5) is 4.79 Å². The van der Waals surface area contributed by atoms with Crippen LogP contribution in [0.25, 0.3) is 0 Å². The minimum Gasteiger partial charge on any atom is -0.462 e. The molecule has 6 saturated heterocycles. The normalized spacial score (nSPS) is 41.1. The van der Waals surface area contributed by atoms with Crippen molar-refractivity contribution in [2.24, 2.45) is 23.7 Å². The number of thioether (sulfide) groups is 1. The van der Waals surface area contributed by atoms with Gasteiger partial charge < -0.3 is 84.2 Å². The molecule has 9 rings (SSSR count). The van der Waals surface area contributed by atoms with Gasteiger partial charge in [0.2, 0.25) is 17.7 Å². The highest BCUT2D eigenvalue weighted by molar-refractivity contribution is 8.00. The molecular formula is C67H103N5O17S. The molecule has 23 heteroatoms. The third-order valence-corrected chi connectivity index (χ3v) is 21.5. The molecule has 504 valence electrons. The minimum absolute atomic E-state index is 0.00423. The highest BCUT2D eigenvalue weighted by Crippen LogP contribution is 2.47. The number of carbonyl (C=O) groups excluding carboxylic acids is 5. The Morgan fingerprint density at radius 1 is 0.822 bits per heavy atom. The molecule has 2 bridgehead atoms. The summed E-state index contributed by atoms with van der Waals surface area (Å²) in [7, 11) is 3.23. The van der Waals surface area contributed by atoms with E-state index in [0.29, 0.717) is 67.9 Å². The Kier molecular flexibility index (Phi) is 24.8. The van der Waals surface area contributed by atoms with Gasteiger partial charge in [0.05, 0.1) is 67.5 Å². The molecule has 0 aromatic heterocycles. The number of methoxy groups -OCH3 is 2. The summed E-state index contributed by atoms with van der Waals surface area (Å²) < 4.78 is 65.2. The smallest absolute Gasteiger partial charge is 0.316 e. The number of aliphatic hydroxyl groups excluding tert-OH is 1. The fourth-order valence-electron chi connectivity index (χ4n) is 14.6. The SMILES string of the molecule is CCC(C)[C@H]1O[C@]2(C=C[C@@H]1C)C[C@@H]1C[C@@H](C/C=C(\C)[C@@H](O[C@H]3C[C@H](OC)[C@@H](O[C@H]4C[C@H](OC)[C@@H](NC(=O)CCNC(=O)CCCCCNC(=O)CCCC[C@@H]5SCC6NC(=O)NC65)[C@H](C)O4)[C@H](C)O3)[C@@H](C)/C=C/C=C3\CO[C@@H]4[C@H](O)C(C)=C[C@@H](C(=O)O1)[C@]34O)O2. The molecule has 1 aliphatic carbocycles. The molecule has 8 aliphatic heterocycles. The number of aliphatic hydroxyl groups is 2. The van der Waals surface area contributed by atoms with E-state index in [1.165, 1.54) is 0 Å². The van der Waals surface area contributed by atoms with Gasteiger partial charge in [0.1, 0.15) is 35.9 Å². The number of nitrogens with one attached hydrogen (secondary N) is 5. The third kappa shape index (κ3) is 17.0. The van der Waals surface area contributed by atoms with Crippen LogP contribution in [0.15, 0.2) is 59.3 Å². The summed E-state index contributed by atoms with van der Waals surface area (Å²) in [5, 5.41) is 39.2. The number of unbranched alkanes of at least 4 members (excludes halogenated alkanes) is 3. The van der Waals surface area contributed by atoms with E-state index in [0.717, 1.165) is 49.9 Å². The lowest BCUT2D eigenvalue weighted by atomic mass is 9.71. The number of allylic oxidation sites excluding steroid dienone is 2. The molecule has 8 heterocycles. The topological polar surface area (TPSA) is 278 Å². The number of fused-ring (bicyclic) bond motifs is 3. The predicted molar refractivity (Wildman–Crippen MR) is 336 cm³/mol. The highest BCUT2D eigenvalue weighted by Gasteiger charge is 2.60. The average molecular weight is 1280 g/mol. The molecule has 0 aromatic rings. The molecule has 6 fully saturated rings. The molecule has 22 nitrogen and oxygen atoms in total. The fourth-order valence-corrected chi connectivity index (χ4v) is 16.2. The number of ether oxygens (including phenoxy) is 10. The zero-order valence-corrected chi connectivity index (χ0v) is 55.3. The number of hydrogen-bond acceptors (Lipinski definition) is 18. The summed E-state index contributed by atoms with van der Waals surface area (Å²) in [6, 6.07) is -0.176. The van der Waals surface area contributed by atoms with E-state index in [1.807, 2.05) is 50.8 Å². The Morgan fingerprint density at radius 2 is 1.54 bits per heavy atom. The minimum atomic E-state index is -1.87. The van der Waals surface area contributed by atoms with Crippen molar-refractivity contribution in [3.63, 3.8) is 0 Å². The molecular weight excluding hydrogens is 1180 g/mol. The van der Waals surface area contributed by atoms with Crippen LogP contribution in [0.3, 0.4) is 0 Å². The maximum atomic E-state index is 14.5. The van der Waals surface area contributed by atoms with Gasteiger partial charge in [0, 0.05) is 95.1 Å². The van der Waals surface area contributed by atoms with Gasteiger partial charge in [-0.1, -0.05) is 83.4 Å². The van der Waals surface area contributed by atoms with Crippen LogP contribution in [-0.2, 0) is 66.5 Å². The van der Waals surface area contributed by atoms with E-state index in [2.05, 4.69) is 66.4 Å². The largest absolute Gasteiger partial charge is 0.462 e. The Hall–Kier alpha value is -4.24. The molecule has 7 N–H and O–H groups in total. The Morgan fingerprint density at radius 3 is 2.30 bits per heavy atom. The van der Waals surface area contributed by atoms with E-state index in [9.17, 15) is 34.2 Å². The quantitative estimate of drug-likeness (QED) is 0.0252. The highest BCUT2D eigenvalue weighted by atomic mass is 32.2. The zero-order chi connectivity index (χ0) is 64.4. The maximum absolute atomic E-state index is 14.5. The van der Waals surface area contributed by atoms with Crippen LogP contribution in [0, 0.1) is 23.7 Å². The maximum Gasteiger partial charge on any atom is 0.316 e. The second-order valence-corrected chi connectivity index (χ2v) is 28.0. The number of hydrogen-bond donors (Lipinski definition) is 7. The van der Waals surface area contributed by atoms with Crippen LogP contribution in [0.2, 0.25) is 0 Å². The summed E-state index contributed by atoms with van der Waals surface area (Å²) in [6.07, 6.45) is 14.2. The first kappa shape index (κ1) is 70.1. The Balaban J connectivity index is 0.751. The van der Waals surface area contributed by atoms with Crippen LogP contribution in [0.1, 0.15) is 152 Å². The van der Waals surface area contributed by atoms with E-state index in [1.54, 1.807) is 33.3 Å². The van der Waals surface area contributed by atoms with E-state index >= 15 is 0 Å². The summed E-state index contributed by atoms with van der Waals surface area (Å²) >= 11 is 1.88. The van der Waals surface area contributed by atoms with Gasteiger partial charge in [-0.05, 0) is 88.5 Å². The second-order valence-electron chi connectivity index (χ2n) is 26.7. The lowest BCUT2D eigenvalue weighted by Crippen LogP contribution is -2.59. The fraction of sp³-hybridized carbons (Fsp3) is 0.776. The van der Waals surface area contributed by atoms with Crippen molar-refractivity contribution in [2.75, 3.05) is 39.7 Å². The third-order valence-electron chi connectivity index (χ3n) is 20.0. The average Bonchev–Trinajstić information content (AvgIpc) is 1.49. The lowest BCUT2D eigenvalue weighted by molar-refractivity contribution is -0.311. The number of urea groups is 1. The molecule has 1 spiro atoms. The molecule has 9 aliphatic rings. The first-order valence-corrected chi connectivity index (χ1v) is 34.4. The van der Waals surface area contributed by atoms with Crippen molar-refractivity contribution in [2.45, 2.75) is 266 Å². The summed E-state index contributed by atoms with van der Waals surface area (Å²) in [6.45, 7) is 16.8. The van der Waals surface area contributed by atoms with Gasteiger partial charge in [-0.25, -0.2) is 4.79 Å². The van der Waals surface area contributed by atoms with Crippen molar-refractivity contribution >= 4 is 41.5 Å². The number of amides is 5. The molecule has 5 amide bonds. The number of rotatable bonds is 23. The molecule has 0 radical (unpaired) electrons. The number of esters is 1. The first-order chi connectivity index (χ1) is 43.1. The van der Waals surface area contributed by atoms with Crippen LogP contribution < -0.4 is 26.6 Å². The lowest BCUT2D eigenvalue weighted by Gasteiger charge is -2.48. The van der Waals surface area contributed by atoms with Crippen LogP contribution in [0.5, 0.6) is 0 Å². The molecule has 23 atom stereocenters. The Bertz CT molecular complexity index is 2640. The first-order valence-electron chi connectivity index (χ1n) is 33.3. The van der Waals surface area contributed by atoms with Gasteiger partial charge in [-0.3, -0.25) is 19.2 Å². The van der Waals surface area contributed by atoms with Gasteiger partial charge in [-0.15, -0.1) is 0 Å². The summed E-state index contributed by atoms with van der Waals surface area (Å²) in [4.78, 5) is 64.4. The molecule has 0 saturated carbocycles. The summed E-state index contributed by atoms with van der Waals surface area (Å²) in [5.74, 6) is -2.17. The predicted octanol–water partition coefficient (Wildman–Crippen LogP) is 6.41. The number of carbonyl (C=O) groups is 5. The van der Waals surface area contributed by atoms with Crippen molar-refractivity contribution in [1.82, 2.24) is 26.6 Å². The molecule has 0 aromatic carbocycles. The van der Waals surface area contributed by atoms with Crippen LogP contribution >= 0.6 is 11.8 Å². The second kappa shape index (κ2) is 31.8. The van der Waals surface area contributed by atoms with Gasteiger partial charge in [0.15, 0.2) is 18.4 Å². The van der Waals surface area contributed by atoms with E-state index in [4.69, 9.17) is 47.4 Å². The van der Waals surface area contributed by atoms with E-state index in [-0.39, 0.29) is 85.7 Å². The molecule has 3 unspecified atom stereocenters. The van der Waals surface area contributed by atoms with Crippen molar-refractivity contribution < 1.29 is 81.6 Å². The monoisotopic (exact) mass is 1280 g/mol. The van der Waals surface area contributed by atoms with Gasteiger partial charge >= 0.3 is 12.0 Å². The van der Waals surface area contributed by atoms with Gasteiger partial charge in [0.25, 0.3) is 0 Å². The van der Waals surface area contributed by atoms with E-state index < -0.39 is 103 Å². The standard InChI is InChI=1S/C67H103N5O17S/c1-11-37(2)61-40(5)25-27-66(89-61)34-46-31-45(88-66)24-23-39(4)60(38(3)18-17-19-44-35-82-63-59(76)41(6)30-47(64(77)85-46)67(44,63)79)86-56-33-50(81-10)62(43(8)84-56)87-55-32-49(80-9)57(42(7)83-55)71-54(75)26-29-69-53(74)21-13-12-16-28-68-52(73)22-15-14-20-51-58-48(36-90-51)70-65(78)72-58/h17-19,23,25,27,30,37-38,40,42-43,45-51,55-63,76,79H,11-16,20-22,24,26,28-29,31-36H2,1-10H3,(H,68,73)(H,69,74)(H,71,75)(H2,70,72,78)/b18-17+,39-23+,44-19+/t37?,38-,40-,42-,43-,45+,46-,47-,48?,49-,50-,51-,55-,56-,57-,58?,59+,60-,61+,62-,63+,66+,67+/m0/s1. The van der Waals surface area contributed by atoms with Crippen molar-refractivity contribution in [1.29, 1.82) is 0 Å².